The van der Waals surface area contributed by atoms with Crippen LogP contribution in [0, 0.1) is 0 Å². The minimum Gasteiger partial charge on any atom is -0.336 e. The number of likely N-dealkylation sites (tertiary alicyclic amines) is 2. The summed E-state index contributed by atoms with van der Waals surface area (Å²) in [5, 5.41) is 5.81. The maximum atomic E-state index is 12.7. The normalized spacial score (nSPS) is 24.0. The molecule has 26 heavy (non-hydrogen) atoms. The molecule has 1 unspecified atom stereocenters. The summed E-state index contributed by atoms with van der Waals surface area (Å²) in [5.41, 5.74) is 1.54. The zero-order chi connectivity index (χ0) is 17.9. The van der Waals surface area contributed by atoms with Gasteiger partial charge in [-0.15, -0.1) is 0 Å². The van der Waals surface area contributed by atoms with E-state index >= 15 is 0 Å². The van der Waals surface area contributed by atoms with E-state index in [1.807, 2.05) is 29.2 Å². The first-order valence-corrected chi connectivity index (χ1v) is 9.66. The first-order chi connectivity index (χ1) is 12.7. The van der Waals surface area contributed by atoms with Gasteiger partial charge in [-0.2, -0.15) is 0 Å². The lowest BCUT2D eigenvalue weighted by Gasteiger charge is -2.37. The molecule has 3 aliphatic heterocycles. The minimum absolute atomic E-state index is 0.0445. The lowest BCUT2D eigenvalue weighted by molar-refractivity contribution is 0.132. The van der Waals surface area contributed by atoms with E-state index in [9.17, 15) is 9.59 Å². The van der Waals surface area contributed by atoms with E-state index in [4.69, 9.17) is 0 Å². The molecule has 0 bridgehead atoms. The van der Waals surface area contributed by atoms with Crippen molar-refractivity contribution in [2.45, 2.75) is 31.7 Å². The Hall–Kier alpha value is -2.28. The van der Waals surface area contributed by atoms with Crippen LogP contribution >= 0.6 is 0 Å². The van der Waals surface area contributed by atoms with Gasteiger partial charge < -0.3 is 15.5 Å². The molecule has 4 rings (SSSR count). The average molecular weight is 357 g/mol. The Morgan fingerprint density at radius 1 is 1.12 bits per heavy atom. The molecule has 2 N–H and O–H groups in total. The van der Waals surface area contributed by atoms with Gasteiger partial charge in [0, 0.05) is 43.6 Å². The predicted molar refractivity (Wildman–Crippen MR) is 102 cm³/mol. The molecule has 1 aromatic rings. The highest BCUT2D eigenvalue weighted by Crippen LogP contribution is 2.23. The fourth-order valence-electron chi connectivity index (χ4n) is 4.22. The molecule has 140 valence electrons. The lowest BCUT2D eigenvalue weighted by atomic mass is 10.0. The maximum Gasteiger partial charge on any atom is 0.321 e. The number of carbonyl (C=O) groups excluding carboxylic acids is 2. The number of benzene rings is 1. The van der Waals surface area contributed by atoms with Crippen LogP contribution in [-0.4, -0.2) is 67.2 Å². The first-order valence-electron chi connectivity index (χ1n) is 9.66. The summed E-state index contributed by atoms with van der Waals surface area (Å²) >= 11 is 0. The zero-order valence-corrected chi connectivity index (χ0v) is 15.1. The fraction of sp³-hybridized carbons (Fsp3) is 0.579. The summed E-state index contributed by atoms with van der Waals surface area (Å²) in [5.74, 6) is 0. The molecular formula is C19H27N5O2. The number of hydrogen-bond acceptors (Lipinski definition) is 3. The zero-order valence-electron chi connectivity index (χ0n) is 15.1. The molecule has 3 heterocycles. The minimum atomic E-state index is -0.0852. The predicted octanol–water partition coefficient (Wildman–Crippen LogP) is 2.31. The standard InChI is InChI=1S/C19H27N5O2/c25-18-20-8-12-24(18)16-6-3-5-15(13-16)21-19(26)23-11-4-7-17(14-23)22-9-1-2-10-22/h3,5-6,13,17H,1-2,4,7-12,14H2,(H,20,25)(H,21,26). The molecule has 7 heteroatoms. The third-order valence-corrected chi connectivity index (χ3v) is 5.61. The number of anilines is 2. The number of hydrogen-bond donors (Lipinski definition) is 2. The van der Waals surface area contributed by atoms with Crippen LogP contribution < -0.4 is 15.5 Å². The van der Waals surface area contributed by atoms with Crippen molar-refractivity contribution in [2.24, 2.45) is 0 Å². The highest BCUT2D eigenvalue weighted by Gasteiger charge is 2.29. The fourth-order valence-corrected chi connectivity index (χ4v) is 4.22. The van der Waals surface area contributed by atoms with Gasteiger partial charge in [0.15, 0.2) is 0 Å². The van der Waals surface area contributed by atoms with E-state index in [-0.39, 0.29) is 12.1 Å². The van der Waals surface area contributed by atoms with Crippen molar-refractivity contribution in [3.63, 3.8) is 0 Å². The molecule has 1 atom stereocenters. The van der Waals surface area contributed by atoms with Crippen LogP contribution in [0.15, 0.2) is 24.3 Å². The molecule has 3 aliphatic rings. The summed E-state index contributed by atoms with van der Waals surface area (Å²) < 4.78 is 0. The van der Waals surface area contributed by atoms with E-state index in [0.29, 0.717) is 19.1 Å². The topological polar surface area (TPSA) is 67.9 Å². The number of nitrogens with zero attached hydrogens (tertiary/aromatic N) is 3. The van der Waals surface area contributed by atoms with Crippen LogP contribution in [0.1, 0.15) is 25.7 Å². The Bertz CT molecular complexity index is 674. The second-order valence-corrected chi connectivity index (χ2v) is 7.35. The van der Waals surface area contributed by atoms with Crippen molar-refractivity contribution in [3.8, 4) is 0 Å². The van der Waals surface area contributed by atoms with Gasteiger partial charge in [-0.05, 0) is 57.0 Å². The molecule has 0 aromatic heterocycles. The van der Waals surface area contributed by atoms with Crippen LogP contribution in [0.4, 0.5) is 21.0 Å². The molecule has 3 saturated heterocycles. The van der Waals surface area contributed by atoms with Crippen molar-refractivity contribution in [3.05, 3.63) is 24.3 Å². The van der Waals surface area contributed by atoms with Gasteiger partial charge in [-0.25, -0.2) is 9.59 Å². The van der Waals surface area contributed by atoms with Crippen LogP contribution in [0.25, 0.3) is 0 Å². The molecule has 4 amide bonds. The average Bonchev–Trinajstić information content (AvgIpc) is 3.34. The lowest BCUT2D eigenvalue weighted by Crippen LogP contribution is -2.50. The number of amides is 4. The molecule has 3 fully saturated rings. The van der Waals surface area contributed by atoms with Crippen molar-refractivity contribution in [2.75, 3.05) is 49.5 Å². The van der Waals surface area contributed by atoms with Gasteiger partial charge in [-0.1, -0.05) is 6.07 Å². The summed E-state index contributed by atoms with van der Waals surface area (Å²) in [6.07, 6.45) is 4.80. The number of nitrogens with one attached hydrogen (secondary N) is 2. The van der Waals surface area contributed by atoms with Crippen molar-refractivity contribution in [1.29, 1.82) is 0 Å². The van der Waals surface area contributed by atoms with E-state index in [1.54, 1.807) is 4.90 Å². The van der Waals surface area contributed by atoms with Crippen molar-refractivity contribution >= 4 is 23.4 Å². The SMILES string of the molecule is O=C(Nc1cccc(N2CCNC2=O)c1)N1CCCC(N2CCCC2)C1. The monoisotopic (exact) mass is 357 g/mol. The van der Waals surface area contributed by atoms with Gasteiger partial charge in [0.05, 0.1) is 0 Å². The quantitative estimate of drug-likeness (QED) is 0.872. The molecular weight excluding hydrogens is 330 g/mol. The Kier molecular flexibility index (Phi) is 4.97. The van der Waals surface area contributed by atoms with Gasteiger partial charge in [0.25, 0.3) is 0 Å². The second kappa shape index (κ2) is 7.53. The van der Waals surface area contributed by atoms with Crippen molar-refractivity contribution < 1.29 is 9.59 Å². The second-order valence-electron chi connectivity index (χ2n) is 7.35. The summed E-state index contributed by atoms with van der Waals surface area (Å²) in [6, 6.07) is 7.87. The van der Waals surface area contributed by atoms with E-state index < -0.39 is 0 Å². The first kappa shape index (κ1) is 17.1. The smallest absolute Gasteiger partial charge is 0.321 e. The number of rotatable bonds is 3. The molecule has 0 saturated carbocycles. The summed E-state index contributed by atoms with van der Waals surface area (Å²) in [7, 11) is 0. The van der Waals surface area contributed by atoms with Crippen LogP contribution in [0.3, 0.4) is 0 Å². The highest BCUT2D eigenvalue weighted by atomic mass is 16.2. The van der Waals surface area contributed by atoms with Gasteiger partial charge in [0.1, 0.15) is 0 Å². The maximum absolute atomic E-state index is 12.7. The Balaban J connectivity index is 1.39. The van der Waals surface area contributed by atoms with Crippen molar-refractivity contribution in [1.82, 2.24) is 15.1 Å². The molecule has 0 radical (unpaired) electrons. The Morgan fingerprint density at radius 3 is 2.73 bits per heavy atom. The van der Waals surface area contributed by atoms with Gasteiger partial charge in [0.2, 0.25) is 0 Å². The summed E-state index contributed by atoms with van der Waals surface area (Å²) in [6.45, 7) is 5.26. The summed E-state index contributed by atoms with van der Waals surface area (Å²) in [4.78, 5) is 30.7. The molecule has 0 spiro atoms. The third-order valence-electron chi connectivity index (χ3n) is 5.61. The van der Waals surface area contributed by atoms with Gasteiger partial charge >= 0.3 is 12.1 Å². The van der Waals surface area contributed by atoms with Crippen LogP contribution in [0.5, 0.6) is 0 Å². The largest absolute Gasteiger partial charge is 0.336 e. The van der Waals surface area contributed by atoms with Gasteiger partial charge in [-0.3, -0.25) is 9.80 Å². The molecule has 1 aromatic carbocycles. The van der Waals surface area contributed by atoms with E-state index in [2.05, 4.69) is 15.5 Å². The van der Waals surface area contributed by atoms with E-state index in [1.165, 1.54) is 32.4 Å². The number of piperidine rings is 1. The molecule has 7 nitrogen and oxygen atoms in total. The highest BCUT2D eigenvalue weighted by molar-refractivity contribution is 5.95. The Morgan fingerprint density at radius 2 is 1.96 bits per heavy atom. The van der Waals surface area contributed by atoms with E-state index in [0.717, 1.165) is 30.9 Å². The van der Waals surface area contributed by atoms with Crippen LogP contribution in [-0.2, 0) is 0 Å². The Labute approximate surface area is 154 Å². The third kappa shape index (κ3) is 3.62. The molecule has 0 aliphatic carbocycles. The number of carbonyl (C=O) groups is 2. The number of urea groups is 2. The van der Waals surface area contributed by atoms with Crippen LogP contribution in [0.2, 0.25) is 0 Å².